The summed E-state index contributed by atoms with van der Waals surface area (Å²) >= 11 is 0. The van der Waals surface area contributed by atoms with Crippen LogP contribution in [0.3, 0.4) is 0 Å². The van der Waals surface area contributed by atoms with Gasteiger partial charge in [-0.1, -0.05) is 50.6 Å². The molecule has 1 saturated heterocycles. The lowest BCUT2D eigenvalue weighted by molar-refractivity contribution is 0.122. The number of hydrogen-bond donors (Lipinski definition) is 1. The van der Waals surface area contributed by atoms with Crippen LogP contribution in [0.25, 0.3) is 0 Å². The summed E-state index contributed by atoms with van der Waals surface area (Å²) in [4.78, 5) is 2.64. The van der Waals surface area contributed by atoms with Gasteiger partial charge in [0.25, 0.3) is 0 Å². The third-order valence-electron chi connectivity index (χ3n) is 4.15. The van der Waals surface area contributed by atoms with Gasteiger partial charge in [-0.05, 0) is 18.4 Å². The van der Waals surface area contributed by atoms with E-state index in [1.165, 1.54) is 18.5 Å². The van der Waals surface area contributed by atoms with E-state index in [0.29, 0.717) is 12.1 Å². The van der Waals surface area contributed by atoms with Crippen molar-refractivity contribution in [1.82, 2.24) is 10.2 Å². The number of nitrogens with one attached hydrogen (secondary N) is 1. The van der Waals surface area contributed by atoms with Crippen molar-refractivity contribution in [3.05, 3.63) is 35.9 Å². The second-order valence-electron chi connectivity index (χ2n) is 5.69. The fraction of sp³-hybridized carbons (Fsp3) is 0.625. The van der Waals surface area contributed by atoms with E-state index in [1.54, 1.807) is 0 Å². The highest BCUT2D eigenvalue weighted by atomic mass is 15.2. The second kappa shape index (κ2) is 6.35. The van der Waals surface area contributed by atoms with Crippen molar-refractivity contribution in [3.63, 3.8) is 0 Å². The van der Waals surface area contributed by atoms with Crippen LogP contribution in [0.4, 0.5) is 0 Å². The van der Waals surface area contributed by atoms with Crippen LogP contribution in [0, 0.1) is 5.92 Å². The van der Waals surface area contributed by atoms with Crippen LogP contribution in [0.1, 0.15) is 38.8 Å². The summed E-state index contributed by atoms with van der Waals surface area (Å²) in [5.74, 6) is 0.793. The predicted molar refractivity (Wildman–Crippen MR) is 77.7 cm³/mol. The van der Waals surface area contributed by atoms with Crippen molar-refractivity contribution in [1.29, 1.82) is 0 Å². The molecule has 0 radical (unpaired) electrons. The van der Waals surface area contributed by atoms with E-state index in [9.17, 15) is 0 Å². The van der Waals surface area contributed by atoms with E-state index >= 15 is 0 Å². The highest BCUT2D eigenvalue weighted by molar-refractivity contribution is 5.20. The summed E-state index contributed by atoms with van der Waals surface area (Å²) < 4.78 is 0. The molecule has 0 aliphatic carbocycles. The molecule has 0 amide bonds. The van der Waals surface area contributed by atoms with Crippen LogP contribution in [-0.2, 0) is 0 Å². The zero-order valence-electron chi connectivity index (χ0n) is 11.9. The minimum Gasteiger partial charge on any atom is -0.307 e. The van der Waals surface area contributed by atoms with Crippen LogP contribution in [0.5, 0.6) is 0 Å². The molecule has 1 fully saturated rings. The molecule has 2 heteroatoms. The minimum atomic E-state index is 0.492. The van der Waals surface area contributed by atoms with Crippen LogP contribution in [0.2, 0.25) is 0 Å². The van der Waals surface area contributed by atoms with Crippen molar-refractivity contribution >= 4 is 0 Å². The van der Waals surface area contributed by atoms with Gasteiger partial charge in [-0.25, -0.2) is 0 Å². The van der Waals surface area contributed by atoms with Crippen LogP contribution in [-0.4, -0.2) is 30.6 Å². The first-order valence-corrected chi connectivity index (χ1v) is 7.23. The summed E-state index contributed by atoms with van der Waals surface area (Å²) in [6.07, 6.45) is 1.27. The summed E-state index contributed by atoms with van der Waals surface area (Å²) in [6.45, 7) is 10.4. The Morgan fingerprint density at radius 2 is 2.06 bits per heavy atom. The Hall–Kier alpha value is -0.860. The third kappa shape index (κ3) is 3.33. The number of rotatable bonds is 4. The molecule has 100 valence electrons. The molecule has 18 heavy (non-hydrogen) atoms. The topological polar surface area (TPSA) is 15.3 Å². The van der Waals surface area contributed by atoms with Crippen molar-refractivity contribution in [2.45, 2.75) is 39.3 Å². The quantitative estimate of drug-likeness (QED) is 0.878. The van der Waals surface area contributed by atoms with Gasteiger partial charge in [-0.15, -0.1) is 0 Å². The van der Waals surface area contributed by atoms with Gasteiger partial charge < -0.3 is 5.32 Å². The van der Waals surface area contributed by atoms with Gasteiger partial charge >= 0.3 is 0 Å². The van der Waals surface area contributed by atoms with E-state index in [2.05, 4.69) is 61.3 Å². The van der Waals surface area contributed by atoms with Gasteiger partial charge in [0.1, 0.15) is 0 Å². The van der Waals surface area contributed by atoms with Gasteiger partial charge in [-0.2, -0.15) is 0 Å². The molecule has 3 atom stereocenters. The normalized spacial score (nSPS) is 27.1. The molecule has 2 nitrogen and oxygen atoms in total. The number of hydrogen-bond acceptors (Lipinski definition) is 2. The first kappa shape index (κ1) is 13.6. The molecule has 1 heterocycles. The summed E-state index contributed by atoms with van der Waals surface area (Å²) in [6, 6.07) is 12.0. The first-order chi connectivity index (χ1) is 8.70. The minimum absolute atomic E-state index is 0.492. The fourth-order valence-electron chi connectivity index (χ4n) is 2.61. The molecule has 1 aliphatic heterocycles. The van der Waals surface area contributed by atoms with Gasteiger partial charge in [0.05, 0.1) is 0 Å². The fourth-order valence-corrected chi connectivity index (χ4v) is 2.61. The van der Waals surface area contributed by atoms with E-state index in [1.807, 2.05) is 0 Å². The maximum Gasteiger partial charge on any atom is 0.0449 e. The molecule has 0 saturated carbocycles. The number of nitrogens with zero attached hydrogens (tertiary/aromatic N) is 1. The Morgan fingerprint density at radius 3 is 2.72 bits per heavy atom. The zero-order chi connectivity index (χ0) is 13.0. The lowest BCUT2D eigenvalue weighted by Gasteiger charge is -2.40. The van der Waals surface area contributed by atoms with Gasteiger partial charge in [-0.3, -0.25) is 4.90 Å². The van der Waals surface area contributed by atoms with Crippen molar-refractivity contribution in [3.8, 4) is 0 Å². The molecular formula is C16H26N2. The Morgan fingerprint density at radius 1 is 1.33 bits per heavy atom. The van der Waals surface area contributed by atoms with Crippen molar-refractivity contribution < 1.29 is 0 Å². The Bertz CT molecular complexity index is 349. The Balaban J connectivity index is 2.00. The van der Waals surface area contributed by atoms with Crippen LogP contribution in [0.15, 0.2) is 30.3 Å². The molecular weight excluding hydrogens is 220 g/mol. The highest BCUT2D eigenvalue weighted by Crippen LogP contribution is 2.21. The maximum atomic E-state index is 3.66. The molecule has 3 unspecified atom stereocenters. The average Bonchev–Trinajstić information content (AvgIpc) is 2.42. The molecule has 1 aromatic rings. The van der Waals surface area contributed by atoms with Crippen LogP contribution < -0.4 is 5.32 Å². The summed E-state index contributed by atoms with van der Waals surface area (Å²) in [5, 5.41) is 3.66. The lowest BCUT2D eigenvalue weighted by Crippen LogP contribution is -2.52. The van der Waals surface area contributed by atoms with Crippen molar-refractivity contribution in [2.24, 2.45) is 5.92 Å². The molecule has 0 spiro atoms. The first-order valence-electron chi connectivity index (χ1n) is 7.23. The largest absolute Gasteiger partial charge is 0.307 e. The average molecular weight is 246 g/mol. The predicted octanol–water partition coefficient (Wildman–Crippen LogP) is 3.07. The summed E-state index contributed by atoms with van der Waals surface area (Å²) in [5.41, 5.74) is 1.42. The SMILES string of the molecule is CCC(C)CN1CC(c2ccccc2)NCC1C. The third-order valence-corrected chi connectivity index (χ3v) is 4.15. The molecule has 1 aliphatic rings. The standard InChI is InChI=1S/C16H26N2/c1-4-13(2)11-18-12-16(17-10-14(18)3)15-8-6-5-7-9-15/h5-9,13-14,16-17H,4,10-12H2,1-3H3. The lowest BCUT2D eigenvalue weighted by atomic mass is 10.00. The monoisotopic (exact) mass is 246 g/mol. The Labute approximate surface area is 111 Å². The van der Waals surface area contributed by atoms with E-state index < -0.39 is 0 Å². The molecule has 0 bridgehead atoms. The van der Waals surface area contributed by atoms with Crippen LogP contribution >= 0.6 is 0 Å². The molecule has 0 aromatic heterocycles. The molecule has 1 aromatic carbocycles. The number of piperazine rings is 1. The van der Waals surface area contributed by atoms with Gasteiger partial charge in [0.15, 0.2) is 0 Å². The van der Waals surface area contributed by atoms with E-state index in [0.717, 1.165) is 19.0 Å². The molecule has 2 rings (SSSR count). The van der Waals surface area contributed by atoms with Gasteiger partial charge in [0, 0.05) is 31.7 Å². The number of benzene rings is 1. The highest BCUT2D eigenvalue weighted by Gasteiger charge is 2.26. The Kier molecular flexibility index (Phi) is 4.79. The molecule has 1 N–H and O–H groups in total. The van der Waals surface area contributed by atoms with Crippen molar-refractivity contribution in [2.75, 3.05) is 19.6 Å². The van der Waals surface area contributed by atoms with E-state index in [-0.39, 0.29) is 0 Å². The smallest absolute Gasteiger partial charge is 0.0449 e. The maximum absolute atomic E-state index is 3.66. The summed E-state index contributed by atoms with van der Waals surface area (Å²) in [7, 11) is 0. The van der Waals surface area contributed by atoms with E-state index in [4.69, 9.17) is 0 Å². The second-order valence-corrected chi connectivity index (χ2v) is 5.69. The zero-order valence-corrected chi connectivity index (χ0v) is 11.9. The van der Waals surface area contributed by atoms with Gasteiger partial charge in [0.2, 0.25) is 0 Å².